The van der Waals surface area contributed by atoms with E-state index in [1.807, 2.05) is 43.3 Å². The fourth-order valence-corrected chi connectivity index (χ4v) is 3.68. The quantitative estimate of drug-likeness (QED) is 0.218. The van der Waals surface area contributed by atoms with E-state index in [0.717, 1.165) is 37.2 Å². The van der Waals surface area contributed by atoms with Gasteiger partial charge in [-0.15, -0.1) is 0 Å². The molecule has 1 fully saturated rings. The molecule has 1 aromatic carbocycles. The van der Waals surface area contributed by atoms with Crippen molar-refractivity contribution in [1.82, 2.24) is 10.2 Å². The SMILES string of the molecule is C=C/C=C(\C=C/C[C@@H](O)[C@@H](CN1CCCC1)NC(=O)CCOc1ccc(C)cc1)OCCOC. The number of methoxy groups -OCH3 is 1. The van der Waals surface area contributed by atoms with E-state index >= 15 is 0 Å². The lowest BCUT2D eigenvalue weighted by Gasteiger charge is -2.28. The Morgan fingerprint density at radius 2 is 1.94 bits per heavy atom. The van der Waals surface area contributed by atoms with E-state index in [9.17, 15) is 9.90 Å². The van der Waals surface area contributed by atoms with Gasteiger partial charge in [0.25, 0.3) is 0 Å². The third kappa shape index (κ3) is 11.0. The lowest BCUT2D eigenvalue weighted by Crippen LogP contribution is -2.50. The number of carbonyl (C=O) groups is 1. The number of nitrogens with zero attached hydrogens (tertiary/aromatic N) is 1. The minimum atomic E-state index is -0.720. The predicted octanol–water partition coefficient (Wildman–Crippen LogP) is 3.38. The number of carbonyl (C=O) groups excluding carboxylic acids is 1. The van der Waals surface area contributed by atoms with E-state index in [1.54, 1.807) is 19.3 Å². The van der Waals surface area contributed by atoms with Crippen molar-refractivity contribution in [3.8, 4) is 5.75 Å². The second-order valence-corrected chi connectivity index (χ2v) is 8.44. The molecule has 1 aliphatic rings. The Morgan fingerprint density at radius 1 is 1.21 bits per heavy atom. The molecule has 1 amide bonds. The summed E-state index contributed by atoms with van der Waals surface area (Å²) in [6, 6.07) is 7.38. The van der Waals surface area contributed by atoms with Gasteiger partial charge in [-0.2, -0.15) is 0 Å². The molecular formula is C27H40N2O5. The first-order valence-corrected chi connectivity index (χ1v) is 12.0. The molecule has 34 heavy (non-hydrogen) atoms. The van der Waals surface area contributed by atoms with Gasteiger partial charge in [-0.25, -0.2) is 0 Å². The van der Waals surface area contributed by atoms with Gasteiger partial charge in [-0.05, 0) is 63.6 Å². The summed E-state index contributed by atoms with van der Waals surface area (Å²) >= 11 is 0. The largest absolute Gasteiger partial charge is 0.493 e. The highest BCUT2D eigenvalue weighted by Crippen LogP contribution is 2.13. The van der Waals surface area contributed by atoms with Crippen molar-refractivity contribution in [1.29, 1.82) is 0 Å². The second-order valence-electron chi connectivity index (χ2n) is 8.44. The molecule has 7 heteroatoms. The van der Waals surface area contributed by atoms with Crippen molar-refractivity contribution in [3.63, 3.8) is 0 Å². The molecule has 1 aliphatic heterocycles. The van der Waals surface area contributed by atoms with Crippen LogP contribution in [0.5, 0.6) is 5.75 Å². The highest BCUT2D eigenvalue weighted by molar-refractivity contribution is 5.76. The number of hydrogen-bond acceptors (Lipinski definition) is 6. The van der Waals surface area contributed by atoms with Gasteiger partial charge in [-0.3, -0.25) is 4.79 Å². The minimum Gasteiger partial charge on any atom is -0.493 e. The number of aryl methyl sites for hydroxylation is 1. The van der Waals surface area contributed by atoms with E-state index in [4.69, 9.17) is 14.2 Å². The van der Waals surface area contributed by atoms with Crippen LogP contribution in [0.25, 0.3) is 0 Å². The summed E-state index contributed by atoms with van der Waals surface area (Å²) in [5.41, 5.74) is 1.16. The number of benzene rings is 1. The van der Waals surface area contributed by atoms with Crippen LogP contribution in [-0.4, -0.2) is 74.6 Å². The van der Waals surface area contributed by atoms with Gasteiger partial charge in [-0.1, -0.05) is 36.4 Å². The zero-order chi connectivity index (χ0) is 24.6. The van der Waals surface area contributed by atoms with Gasteiger partial charge in [0.15, 0.2) is 0 Å². The predicted molar refractivity (Wildman–Crippen MR) is 135 cm³/mol. The molecule has 0 aliphatic carbocycles. The maximum Gasteiger partial charge on any atom is 0.223 e. The topological polar surface area (TPSA) is 80.3 Å². The van der Waals surface area contributed by atoms with Crippen LogP contribution in [0.15, 0.2) is 60.9 Å². The van der Waals surface area contributed by atoms with Crippen LogP contribution in [0.3, 0.4) is 0 Å². The smallest absolute Gasteiger partial charge is 0.223 e. The number of likely N-dealkylation sites (tertiary alicyclic amines) is 1. The number of rotatable bonds is 16. The second kappa shape index (κ2) is 16.1. The van der Waals surface area contributed by atoms with Gasteiger partial charge in [0.05, 0.1) is 31.8 Å². The molecule has 1 saturated heterocycles. The zero-order valence-electron chi connectivity index (χ0n) is 20.6. The molecule has 188 valence electrons. The monoisotopic (exact) mass is 472 g/mol. The maximum atomic E-state index is 12.6. The van der Waals surface area contributed by atoms with Gasteiger partial charge in [0, 0.05) is 13.7 Å². The molecule has 7 nitrogen and oxygen atoms in total. The van der Waals surface area contributed by atoms with Crippen LogP contribution in [0.4, 0.5) is 0 Å². The highest BCUT2D eigenvalue weighted by Gasteiger charge is 2.24. The third-order valence-electron chi connectivity index (χ3n) is 5.58. The van der Waals surface area contributed by atoms with E-state index < -0.39 is 6.10 Å². The van der Waals surface area contributed by atoms with Gasteiger partial charge in [0.2, 0.25) is 5.91 Å². The summed E-state index contributed by atoms with van der Waals surface area (Å²) < 4.78 is 16.3. The van der Waals surface area contributed by atoms with Crippen LogP contribution in [-0.2, 0) is 14.3 Å². The van der Waals surface area contributed by atoms with Crippen LogP contribution in [0.2, 0.25) is 0 Å². The van der Waals surface area contributed by atoms with Crippen LogP contribution < -0.4 is 10.1 Å². The molecule has 2 atom stereocenters. The van der Waals surface area contributed by atoms with E-state index in [0.29, 0.717) is 31.9 Å². The Hall–Kier alpha value is -2.61. The van der Waals surface area contributed by atoms with Crippen molar-refractivity contribution in [2.45, 2.75) is 44.8 Å². The lowest BCUT2D eigenvalue weighted by atomic mass is 10.1. The maximum absolute atomic E-state index is 12.6. The number of ether oxygens (including phenoxy) is 3. The van der Waals surface area contributed by atoms with Gasteiger partial charge in [0.1, 0.15) is 18.1 Å². The van der Waals surface area contributed by atoms with Crippen molar-refractivity contribution >= 4 is 5.91 Å². The van der Waals surface area contributed by atoms with Crippen LogP contribution in [0, 0.1) is 6.92 Å². The van der Waals surface area contributed by atoms with Crippen molar-refractivity contribution in [3.05, 3.63) is 66.5 Å². The lowest BCUT2D eigenvalue weighted by molar-refractivity contribution is -0.123. The van der Waals surface area contributed by atoms with Gasteiger partial charge >= 0.3 is 0 Å². The summed E-state index contributed by atoms with van der Waals surface area (Å²) in [5.74, 6) is 1.26. The summed E-state index contributed by atoms with van der Waals surface area (Å²) in [5, 5.41) is 13.9. The highest BCUT2D eigenvalue weighted by atomic mass is 16.5. The van der Waals surface area contributed by atoms with E-state index in [1.165, 1.54) is 0 Å². The average molecular weight is 473 g/mol. The molecule has 1 aromatic rings. The Labute approximate surface area is 204 Å². The Morgan fingerprint density at radius 3 is 2.62 bits per heavy atom. The van der Waals surface area contributed by atoms with E-state index in [2.05, 4.69) is 16.8 Å². The molecule has 2 N–H and O–H groups in total. The molecule has 0 unspecified atom stereocenters. The Balaban J connectivity index is 1.87. The average Bonchev–Trinajstić information content (AvgIpc) is 3.33. The van der Waals surface area contributed by atoms with Crippen LogP contribution >= 0.6 is 0 Å². The Kier molecular flexibility index (Phi) is 13.1. The number of amides is 1. The number of hydrogen-bond donors (Lipinski definition) is 2. The standard InChI is InChI=1S/C27H40N2O5/c1-4-8-23(34-20-19-32-3)9-7-10-26(30)25(21-29-16-5-6-17-29)28-27(31)15-18-33-24-13-11-22(2)12-14-24/h4,7-9,11-14,25-26,30H,1,5-6,10,15-21H2,2-3H3,(H,28,31)/b9-7-,23-8+/t25-,26-/m1/s1. The molecular weight excluding hydrogens is 432 g/mol. The normalized spacial score (nSPS) is 16.4. The number of aliphatic hydroxyl groups excluding tert-OH is 1. The van der Waals surface area contributed by atoms with Crippen LogP contribution in [0.1, 0.15) is 31.2 Å². The summed E-state index contributed by atoms with van der Waals surface area (Å²) in [6.45, 7) is 9.54. The first kappa shape index (κ1) is 27.6. The summed E-state index contributed by atoms with van der Waals surface area (Å²) in [7, 11) is 1.62. The van der Waals surface area contributed by atoms with Crippen molar-refractivity contribution in [2.75, 3.05) is 46.6 Å². The van der Waals surface area contributed by atoms with Crippen molar-refractivity contribution in [2.24, 2.45) is 0 Å². The first-order chi connectivity index (χ1) is 16.5. The van der Waals surface area contributed by atoms with Gasteiger partial charge < -0.3 is 29.5 Å². The third-order valence-corrected chi connectivity index (χ3v) is 5.58. The fraction of sp³-hybridized carbons (Fsp3) is 0.519. The van der Waals surface area contributed by atoms with Crippen molar-refractivity contribution < 1.29 is 24.1 Å². The summed E-state index contributed by atoms with van der Waals surface area (Å²) in [6.07, 6.45) is 9.27. The minimum absolute atomic E-state index is 0.130. The molecule has 0 aromatic heterocycles. The molecule has 0 saturated carbocycles. The summed E-state index contributed by atoms with van der Waals surface area (Å²) in [4.78, 5) is 14.9. The molecule has 0 bridgehead atoms. The first-order valence-electron chi connectivity index (χ1n) is 12.0. The molecule has 2 rings (SSSR count). The molecule has 0 spiro atoms. The number of nitrogens with one attached hydrogen (secondary N) is 1. The number of allylic oxidation sites excluding steroid dienone is 3. The number of aliphatic hydroxyl groups is 1. The Bertz CT molecular complexity index is 785. The molecule has 0 radical (unpaired) electrons. The zero-order valence-corrected chi connectivity index (χ0v) is 20.6. The fourth-order valence-electron chi connectivity index (χ4n) is 3.68. The molecule has 1 heterocycles. The van der Waals surface area contributed by atoms with E-state index in [-0.39, 0.29) is 25.0 Å².